The normalized spacial score (nSPS) is 11.8. The van der Waals surface area contributed by atoms with E-state index in [1.54, 1.807) is 17.8 Å². The molecule has 0 nitrogen and oxygen atoms in total. The summed E-state index contributed by atoms with van der Waals surface area (Å²) in [7, 11) is 0. The van der Waals surface area contributed by atoms with Gasteiger partial charge in [-0.25, -0.2) is 0 Å². The van der Waals surface area contributed by atoms with E-state index in [2.05, 4.69) is 26.5 Å². The summed E-state index contributed by atoms with van der Waals surface area (Å²) in [4.78, 5) is 1.04. The number of benzene rings is 1. The van der Waals surface area contributed by atoms with E-state index in [1.807, 2.05) is 12.1 Å². The zero-order valence-electron chi connectivity index (χ0n) is 8.76. The molecule has 0 N–H and O–H groups in total. The second-order valence-corrected chi connectivity index (χ2v) is 6.36. The van der Waals surface area contributed by atoms with Crippen LogP contribution in [-0.4, -0.2) is 11.5 Å². The van der Waals surface area contributed by atoms with E-state index in [0.29, 0.717) is 0 Å². The highest BCUT2D eigenvalue weighted by molar-refractivity contribution is 7.99. The molecule has 0 atom stereocenters. The fraction of sp³-hybridized carbons (Fsp3) is 0.455. The van der Waals surface area contributed by atoms with Crippen LogP contribution in [0.3, 0.4) is 0 Å². The van der Waals surface area contributed by atoms with Crippen LogP contribution in [0.15, 0.2) is 23.1 Å². The molecule has 0 aromatic heterocycles. The predicted octanol–water partition coefficient (Wildman–Crippen LogP) is 5.04. The van der Waals surface area contributed by atoms with E-state index in [9.17, 15) is 0 Å². The van der Waals surface area contributed by atoms with Crippen molar-refractivity contribution in [1.29, 1.82) is 0 Å². The molecule has 0 unspecified atom stereocenters. The number of hydrogen-bond donors (Lipinski definition) is 1. The lowest BCUT2D eigenvalue weighted by atomic mass is 10.0. The van der Waals surface area contributed by atoms with Gasteiger partial charge in [0.05, 0.1) is 5.02 Å². The van der Waals surface area contributed by atoms with Crippen molar-refractivity contribution in [3.63, 3.8) is 0 Å². The Morgan fingerprint density at radius 2 is 2.00 bits per heavy atom. The molecule has 0 saturated heterocycles. The Kier molecular flexibility index (Phi) is 5.17. The second-order valence-electron chi connectivity index (χ2n) is 4.19. The Morgan fingerprint density at radius 3 is 2.60 bits per heavy atom. The summed E-state index contributed by atoms with van der Waals surface area (Å²) < 4.78 is 0. The van der Waals surface area contributed by atoms with Gasteiger partial charge in [-0.15, -0.1) is 11.8 Å². The maximum atomic E-state index is 6.07. The van der Waals surface area contributed by atoms with Gasteiger partial charge in [-0.2, -0.15) is 12.6 Å². The van der Waals surface area contributed by atoms with Gasteiger partial charge in [0, 0.05) is 15.7 Å². The molecule has 0 aliphatic rings. The van der Waals surface area contributed by atoms with Gasteiger partial charge in [0.2, 0.25) is 0 Å². The lowest BCUT2D eigenvalue weighted by Crippen LogP contribution is -2.16. The summed E-state index contributed by atoms with van der Waals surface area (Å²) >= 11 is 18.0. The van der Waals surface area contributed by atoms with E-state index >= 15 is 0 Å². The van der Waals surface area contributed by atoms with Crippen molar-refractivity contribution in [3.8, 4) is 0 Å². The van der Waals surface area contributed by atoms with Crippen molar-refractivity contribution in [2.75, 3.05) is 11.5 Å². The molecular weight excluding hydrogens is 267 g/mol. The van der Waals surface area contributed by atoms with Crippen LogP contribution in [-0.2, 0) is 0 Å². The average molecular weight is 281 g/mol. The van der Waals surface area contributed by atoms with Crippen LogP contribution in [0.5, 0.6) is 0 Å². The quantitative estimate of drug-likeness (QED) is 0.596. The van der Waals surface area contributed by atoms with Gasteiger partial charge in [0.1, 0.15) is 0 Å². The highest BCUT2D eigenvalue weighted by Gasteiger charge is 2.16. The Bertz CT molecular complexity index is 337. The maximum Gasteiger partial charge on any atom is 0.0542 e. The van der Waals surface area contributed by atoms with Crippen molar-refractivity contribution < 1.29 is 0 Å². The molecule has 4 heteroatoms. The Hall–Kier alpha value is 0.500. The van der Waals surface area contributed by atoms with Gasteiger partial charge in [-0.3, -0.25) is 0 Å². The van der Waals surface area contributed by atoms with Crippen molar-refractivity contribution in [3.05, 3.63) is 28.2 Å². The molecule has 0 aliphatic carbocycles. The molecule has 0 saturated carbocycles. The smallest absolute Gasteiger partial charge is 0.0542 e. The summed E-state index contributed by atoms with van der Waals surface area (Å²) in [5, 5.41) is 1.49. The van der Waals surface area contributed by atoms with Crippen LogP contribution in [0.2, 0.25) is 10.0 Å². The SMILES string of the molecule is CC(C)(CS)CSc1cc(Cl)ccc1Cl. The number of rotatable bonds is 4. The molecule has 1 aromatic carbocycles. The van der Waals surface area contributed by atoms with Gasteiger partial charge in [-0.1, -0.05) is 37.0 Å². The van der Waals surface area contributed by atoms with Crippen LogP contribution in [0, 0.1) is 5.41 Å². The molecule has 1 rings (SSSR count). The third kappa shape index (κ3) is 4.48. The fourth-order valence-corrected chi connectivity index (χ4v) is 2.75. The minimum Gasteiger partial charge on any atom is -0.179 e. The third-order valence-corrected chi connectivity index (χ3v) is 5.05. The lowest BCUT2D eigenvalue weighted by Gasteiger charge is -2.21. The Morgan fingerprint density at radius 1 is 1.33 bits per heavy atom. The minimum absolute atomic E-state index is 0.208. The zero-order valence-corrected chi connectivity index (χ0v) is 12.0. The number of hydrogen-bond acceptors (Lipinski definition) is 2. The molecule has 0 amide bonds. The minimum atomic E-state index is 0.208. The van der Waals surface area contributed by atoms with Crippen LogP contribution >= 0.6 is 47.6 Å². The molecule has 0 heterocycles. The highest BCUT2D eigenvalue weighted by Crippen LogP contribution is 2.34. The summed E-state index contributed by atoms with van der Waals surface area (Å²) in [5.74, 6) is 1.84. The first-order chi connectivity index (χ1) is 6.94. The first kappa shape index (κ1) is 13.6. The first-order valence-corrected chi connectivity index (χ1v) is 7.01. The molecule has 0 aliphatic heterocycles. The van der Waals surface area contributed by atoms with Crippen LogP contribution in [0.25, 0.3) is 0 Å². The van der Waals surface area contributed by atoms with Gasteiger partial charge in [0.15, 0.2) is 0 Å². The largest absolute Gasteiger partial charge is 0.179 e. The Labute approximate surface area is 111 Å². The fourth-order valence-electron chi connectivity index (χ4n) is 0.907. The predicted molar refractivity (Wildman–Crippen MR) is 74.8 cm³/mol. The lowest BCUT2D eigenvalue weighted by molar-refractivity contribution is 0.494. The van der Waals surface area contributed by atoms with E-state index in [-0.39, 0.29) is 5.41 Å². The average Bonchev–Trinajstić information content (AvgIpc) is 2.20. The van der Waals surface area contributed by atoms with E-state index < -0.39 is 0 Å². The highest BCUT2D eigenvalue weighted by atomic mass is 35.5. The summed E-state index contributed by atoms with van der Waals surface area (Å²) in [5.41, 5.74) is 0.208. The molecule has 0 fully saturated rings. The summed E-state index contributed by atoms with van der Waals surface area (Å²) in [6, 6.07) is 5.54. The van der Waals surface area contributed by atoms with Crippen LogP contribution in [0.4, 0.5) is 0 Å². The number of thioether (sulfide) groups is 1. The molecule has 1 aromatic rings. The number of halogens is 2. The molecular formula is C11H14Cl2S2. The van der Waals surface area contributed by atoms with Gasteiger partial charge in [-0.05, 0) is 29.4 Å². The zero-order chi connectivity index (χ0) is 11.5. The number of thiol groups is 1. The van der Waals surface area contributed by atoms with Crippen molar-refractivity contribution in [2.45, 2.75) is 18.7 Å². The van der Waals surface area contributed by atoms with E-state index in [0.717, 1.165) is 26.4 Å². The maximum absolute atomic E-state index is 6.07. The van der Waals surface area contributed by atoms with E-state index in [4.69, 9.17) is 23.2 Å². The Balaban J connectivity index is 2.69. The van der Waals surface area contributed by atoms with Gasteiger partial charge < -0.3 is 0 Å². The van der Waals surface area contributed by atoms with Crippen molar-refractivity contribution in [1.82, 2.24) is 0 Å². The third-order valence-electron chi connectivity index (χ3n) is 1.94. The standard InChI is InChI=1S/C11H14Cl2S2/c1-11(2,6-14)7-15-10-5-8(12)3-4-9(10)13/h3-5,14H,6-7H2,1-2H3. The van der Waals surface area contributed by atoms with E-state index in [1.165, 1.54) is 0 Å². The van der Waals surface area contributed by atoms with Crippen LogP contribution in [0.1, 0.15) is 13.8 Å². The molecule has 84 valence electrons. The molecule has 0 radical (unpaired) electrons. The van der Waals surface area contributed by atoms with Gasteiger partial charge in [0.25, 0.3) is 0 Å². The van der Waals surface area contributed by atoms with Crippen LogP contribution < -0.4 is 0 Å². The molecule has 0 bridgehead atoms. The summed E-state index contributed by atoms with van der Waals surface area (Å²) in [6.45, 7) is 4.37. The summed E-state index contributed by atoms with van der Waals surface area (Å²) in [6.07, 6.45) is 0. The topological polar surface area (TPSA) is 0 Å². The first-order valence-electron chi connectivity index (χ1n) is 4.63. The molecule has 0 spiro atoms. The van der Waals surface area contributed by atoms with Gasteiger partial charge >= 0.3 is 0 Å². The second kappa shape index (κ2) is 5.72. The monoisotopic (exact) mass is 280 g/mol. The van der Waals surface area contributed by atoms with Crippen molar-refractivity contribution >= 4 is 47.6 Å². The van der Waals surface area contributed by atoms with Crippen molar-refractivity contribution in [2.24, 2.45) is 5.41 Å². The molecule has 15 heavy (non-hydrogen) atoms.